The molecule has 0 saturated heterocycles. The predicted octanol–water partition coefficient (Wildman–Crippen LogP) is 3.46. The van der Waals surface area contributed by atoms with E-state index in [0.29, 0.717) is 12.1 Å². The predicted molar refractivity (Wildman–Crippen MR) is 114 cm³/mol. The number of aryl methyl sites for hydroxylation is 1. The van der Waals surface area contributed by atoms with Crippen LogP contribution in [0, 0.1) is 10.1 Å². The van der Waals surface area contributed by atoms with E-state index in [1.807, 2.05) is 19.3 Å². The summed E-state index contributed by atoms with van der Waals surface area (Å²) in [7, 11) is 2.00. The first kappa shape index (κ1) is 19.8. The van der Waals surface area contributed by atoms with E-state index >= 15 is 0 Å². The van der Waals surface area contributed by atoms with Crippen LogP contribution in [0.25, 0.3) is 0 Å². The molecule has 0 saturated carbocycles. The summed E-state index contributed by atoms with van der Waals surface area (Å²) in [5, 5.41) is 14.0. The number of nitro benzene ring substituents is 1. The minimum atomic E-state index is -0.491. The second-order valence-electron chi connectivity index (χ2n) is 7.57. The molecule has 0 bridgehead atoms. The van der Waals surface area contributed by atoms with Crippen molar-refractivity contribution >= 4 is 11.6 Å². The van der Waals surface area contributed by atoms with Crippen LogP contribution < -0.4 is 5.32 Å². The van der Waals surface area contributed by atoms with E-state index < -0.39 is 4.92 Å². The molecule has 3 aromatic rings. The maximum Gasteiger partial charge on any atom is 0.270 e. The van der Waals surface area contributed by atoms with Gasteiger partial charge in [0.15, 0.2) is 0 Å². The van der Waals surface area contributed by atoms with Gasteiger partial charge in [0, 0.05) is 56.3 Å². The molecule has 1 amide bonds. The Hall–Kier alpha value is -3.45. The zero-order valence-electron chi connectivity index (χ0n) is 16.8. The monoisotopic (exact) mass is 404 g/mol. The van der Waals surface area contributed by atoms with E-state index in [-0.39, 0.29) is 17.6 Å². The van der Waals surface area contributed by atoms with Gasteiger partial charge in [-0.2, -0.15) is 0 Å². The molecule has 0 aliphatic carbocycles. The number of rotatable bonds is 6. The van der Waals surface area contributed by atoms with Crippen molar-refractivity contribution < 1.29 is 9.72 Å². The summed E-state index contributed by atoms with van der Waals surface area (Å²) < 4.78 is 2.07. The van der Waals surface area contributed by atoms with Gasteiger partial charge in [-0.15, -0.1) is 0 Å². The fraction of sp³-hybridized carbons (Fsp3) is 0.261. The number of nitro groups is 1. The largest absolute Gasteiger partial charge is 0.353 e. The fourth-order valence-corrected chi connectivity index (χ4v) is 4.08. The number of hydrogen-bond acceptors (Lipinski definition) is 4. The topological polar surface area (TPSA) is 80.4 Å². The molecule has 1 N–H and O–H groups in total. The molecule has 0 radical (unpaired) electrons. The Morgan fingerprint density at radius 1 is 1.13 bits per heavy atom. The van der Waals surface area contributed by atoms with E-state index in [0.717, 1.165) is 25.2 Å². The molecule has 1 aliphatic heterocycles. The Morgan fingerprint density at radius 2 is 1.93 bits per heavy atom. The van der Waals surface area contributed by atoms with Crippen LogP contribution >= 0.6 is 0 Å². The normalized spacial score (nSPS) is 14.7. The molecular weight excluding hydrogens is 380 g/mol. The second kappa shape index (κ2) is 8.51. The van der Waals surface area contributed by atoms with Crippen LogP contribution in [0.1, 0.15) is 33.2 Å². The van der Waals surface area contributed by atoms with Crippen LogP contribution in [-0.4, -0.2) is 33.4 Å². The van der Waals surface area contributed by atoms with E-state index in [9.17, 15) is 14.9 Å². The summed E-state index contributed by atoms with van der Waals surface area (Å²) in [6, 6.07) is 18.4. The van der Waals surface area contributed by atoms with Gasteiger partial charge in [0.2, 0.25) is 0 Å². The maximum absolute atomic E-state index is 12.7. The third-order valence-electron chi connectivity index (χ3n) is 5.70. The standard InChI is InChI=1S/C23H24N4O3/c1-25-12-5-10-21(25)22(26-13-11-17-6-2-3-7-19(17)16-26)15-24-23(28)18-8-4-9-20(14-18)27(29)30/h2-10,12,14,22H,11,13,15-16H2,1H3,(H,24,28). The van der Waals surface area contributed by atoms with Crippen molar-refractivity contribution in [3.8, 4) is 0 Å². The second-order valence-corrected chi connectivity index (χ2v) is 7.57. The lowest BCUT2D eigenvalue weighted by Gasteiger charge is -2.36. The van der Waals surface area contributed by atoms with Gasteiger partial charge in [-0.05, 0) is 35.7 Å². The molecule has 1 aromatic heterocycles. The highest BCUT2D eigenvalue weighted by Crippen LogP contribution is 2.28. The van der Waals surface area contributed by atoms with Crippen LogP contribution in [0.15, 0.2) is 66.9 Å². The van der Waals surface area contributed by atoms with Gasteiger partial charge in [-0.25, -0.2) is 0 Å². The molecule has 2 aromatic carbocycles. The summed E-state index contributed by atoms with van der Waals surface area (Å²) in [5.41, 5.74) is 4.01. The minimum absolute atomic E-state index is 0.000930. The Morgan fingerprint density at radius 3 is 2.67 bits per heavy atom. The third kappa shape index (κ3) is 4.11. The average Bonchev–Trinajstić information content (AvgIpc) is 3.19. The number of carbonyl (C=O) groups is 1. The third-order valence-corrected chi connectivity index (χ3v) is 5.70. The molecule has 0 fully saturated rings. The van der Waals surface area contributed by atoms with Gasteiger partial charge in [-0.1, -0.05) is 30.3 Å². The first-order valence-electron chi connectivity index (χ1n) is 9.97. The fourth-order valence-electron chi connectivity index (χ4n) is 4.08. The van der Waals surface area contributed by atoms with Crippen LogP contribution in [-0.2, 0) is 20.0 Å². The van der Waals surface area contributed by atoms with Crippen LogP contribution in [0.2, 0.25) is 0 Å². The van der Waals surface area contributed by atoms with Crippen molar-refractivity contribution in [1.29, 1.82) is 0 Å². The number of nitrogens with one attached hydrogen (secondary N) is 1. The minimum Gasteiger partial charge on any atom is -0.353 e. The summed E-state index contributed by atoms with van der Waals surface area (Å²) in [6.45, 7) is 2.14. The average molecular weight is 404 g/mol. The van der Waals surface area contributed by atoms with Crippen LogP contribution in [0.4, 0.5) is 5.69 Å². The van der Waals surface area contributed by atoms with Crippen molar-refractivity contribution in [2.24, 2.45) is 7.05 Å². The quantitative estimate of drug-likeness (QED) is 0.504. The van der Waals surface area contributed by atoms with Crippen LogP contribution in [0.3, 0.4) is 0 Å². The van der Waals surface area contributed by atoms with Gasteiger partial charge in [0.1, 0.15) is 0 Å². The van der Waals surface area contributed by atoms with E-state index in [1.165, 1.54) is 29.3 Å². The van der Waals surface area contributed by atoms with Gasteiger partial charge >= 0.3 is 0 Å². The highest BCUT2D eigenvalue weighted by atomic mass is 16.6. The molecule has 1 unspecified atom stereocenters. The zero-order chi connectivity index (χ0) is 21.1. The molecule has 154 valence electrons. The van der Waals surface area contributed by atoms with E-state index in [4.69, 9.17) is 0 Å². The zero-order valence-corrected chi connectivity index (χ0v) is 16.8. The number of fused-ring (bicyclic) bond motifs is 1. The van der Waals surface area contributed by atoms with Crippen molar-refractivity contribution in [3.63, 3.8) is 0 Å². The molecule has 2 heterocycles. The Bertz CT molecular complexity index is 1080. The lowest BCUT2D eigenvalue weighted by molar-refractivity contribution is -0.384. The molecule has 4 rings (SSSR count). The van der Waals surface area contributed by atoms with E-state index in [1.54, 1.807) is 6.07 Å². The van der Waals surface area contributed by atoms with Gasteiger partial charge < -0.3 is 9.88 Å². The smallest absolute Gasteiger partial charge is 0.270 e. The number of amides is 1. The first-order chi connectivity index (χ1) is 14.5. The SMILES string of the molecule is Cn1cccc1C(CNC(=O)c1cccc([N+](=O)[O-])c1)N1CCc2ccccc2C1. The molecule has 30 heavy (non-hydrogen) atoms. The van der Waals surface area contributed by atoms with Crippen molar-refractivity contribution in [2.75, 3.05) is 13.1 Å². The summed E-state index contributed by atoms with van der Waals surface area (Å²) in [5.74, 6) is -0.310. The number of benzene rings is 2. The van der Waals surface area contributed by atoms with Crippen molar-refractivity contribution in [1.82, 2.24) is 14.8 Å². The van der Waals surface area contributed by atoms with Crippen molar-refractivity contribution in [3.05, 3.63) is 99.4 Å². The lowest BCUT2D eigenvalue weighted by atomic mass is 9.97. The van der Waals surface area contributed by atoms with E-state index in [2.05, 4.69) is 45.1 Å². The summed E-state index contributed by atoms with van der Waals surface area (Å²) in [6.07, 6.45) is 2.97. The Balaban J connectivity index is 1.53. The Labute approximate surface area is 175 Å². The highest BCUT2D eigenvalue weighted by Gasteiger charge is 2.27. The van der Waals surface area contributed by atoms with Gasteiger partial charge in [0.05, 0.1) is 11.0 Å². The molecular formula is C23H24N4O3. The van der Waals surface area contributed by atoms with Gasteiger partial charge in [0.25, 0.3) is 11.6 Å². The molecule has 7 heteroatoms. The molecule has 1 aliphatic rings. The molecule has 0 spiro atoms. The molecule has 1 atom stereocenters. The van der Waals surface area contributed by atoms with Crippen molar-refractivity contribution in [2.45, 2.75) is 19.0 Å². The number of carbonyl (C=O) groups excluding carboxylic acids is 1. The Kier molecular flexibility index (Phi) is 5.63. The van der Waals surface area contributed by atoms with Crippen LogP contribution in [0.5, 0.6) is 0 Å². The number of aromatic nitrogens is 1. The lowest BCUT2D eigenvalue weighted by Crippen LogP contribution is -2.41. The summed E-state index contributed by atoms with van der Waals surface area (Å²) in [4.78, 5) is 25.6. The van der Waals surface area contributed by atoms with Gasteiger partial charge in [-0.3, -0.25) is 19.8 Å². The first-order valence-corrected chi connectivity index (χ1v) is 9.97. The summed E-state index contributed by atoms with van der Waals surface area (Å²) >= 11 is 0. The number of hydrogen-bond donors (Lipinski definition) is 1. The highest BCUT2D eigenvalue weighted by molar-refractivity contribution is 5.94. The number of non-ortho nitro benzene ring substituents is 1. The maximum atomic E-state index is 12.7. The number of nitrogens with zero attached hydrogens (tertiary/aromatic N) is 3. The molecule has 7 nitrogen and oxygen atoms in total.